The Labute approximate surface area is 184 Å². The summed E-state index contributed by atoms with van der Waals surface area (Å²) in [6.07, 6.45) is 3.33. The Morgan fingerprint density at radius 1 is 0.968 bits per heavy atom. The first-order valence-corrected chi connectivity index (χ1v) is 11.2. The van der Waals surface area contributed by atoms with Gasteiger partial charge in [-0.05, 0) is 61.2 Å². The second-order valence-corrected chi connectivity index (χ2v) is 8.24. The van der Waals surface area contributed by atoms with Gasteiger partial charge in [0.2, 0.25) is 0 Å². The number of carbonyl (C=O) groups excluding carboxylic acids is 1. The smallest absolute Gasteiger partial charge is 0.253 e. The van der Waals surface area contributed by atoms with Crippen LogP contribution in [0.3, 0.4) is 0 Å². The molecule has 2 aliphatic heterocycles. The summed E-state index contributed by atoms with van der Waals surface area (Å²) in [5.41, 5.74) is 1.98. The van der Waals surface area contributed by atoms with Crippen molar-refractivity contribution in [1.29, 1.82) is 0 Å². The monoisotopic (exact) mass is 424 g/mol. The van der Waals surface area contributed by atoms with E-state index in [0.29, 0.717) is 12.2 Å². The van der Waals surface area contributed by atoms with Crippen molar-refractivity contribution in [3.63, 3.8) is 0 Å². The molecule has 0 aromatic heterocycles. The third-order valence-corrected chi connectivity index (χ3v) is 6.00. The number of hydrogen-bond donors (Lipinski definition) is 0. The first-order chi connectivity index (χ1) is 15.2. The zero-order chi connectivity index (χ0) is 21.5. The molecule has 2 fully saturated rings. The van der Waals surface area contributed by atoms with E-state index in [9.17, 15) is 4.79 Å². The van der Waals surface area contributed by atoms with E-state index in [2.05, 4.69) is 17.0 Å². The summed E-state index contributed by atoms with van der Waals surface area (Å²) in [6.45, 7) is 5.69. The number of nitrogens with zero attached hydrogens (tertiary/aromatic N) is 2. The van der Waals surface area contributed by atoms with Crippen molar-refractivity contribution in [1.82, 2.24) is 9.80 Å². The molecule has 166 valence electrons. The van der Waals surface area contributed by atoms with E-state index in [4.69, 9.17) is 14.2 Å². The molecule has 2 aliphatic rings. The Morgan fingerprint density at radius 3 is 2.45 bits per heavy atom. The molecule has 31 heavy (non-hydrogen) atoms. The standard InChI is InChI=1S/C25H32N2O4/c1-29-22-9-5-20(6-10-22)18-26-13-3-14-27(16-15-26)25(28)21-7-11-23(12-8-21)31-19-24-4-2-17-30-24/h5-12,24H,2-4,13-19H2,1H3. The molecule has 0 bridgehead atoms. The number of benzene rings is 2. The quantitative estimate of drug-likeness (QED) is 0.680. The van der Waals surface area contributed by atoms with Crippen LogP contribution < -0.4 is 9.47 Å². The zero-order valence-corrected chi connectivity index (χ0v) is 18.3. The second kappa shape index (κ2) is 10.6. The van der Waals surface area contributed by atoms with E-state index in [1.54, 1.807) is 7.11 Å². The molecule has 1 atom stereocenters. The van der Waals surface area contributed by atoms with E-state index < -0.39 is 0 Å². The molecule has 0 N–H and O–H groups in total. The summed E-state index contributed by atoms with van der Waals surface area (Å²) in [5.74, 6) is 1.75. The topological polar surface area (TPSA) is 51.2 Å². The number of rotatable bonds is 7. The predicted molar refractivity (Wildman–Crippen MR) is 120 cm³/mol. The van der Waals surface area contributed by atoms with Crippen LogP contribution in [-0.4, -0.2) is 68.3 Å². The lowest BCUT2D eigenvalue weighted by atomic mass is 10.2. The van der Waals surface area contributed by atoms with E-state index >= 15 is 0 Å². The highest BCUT2D eigenvalue weighted by Crippen LogP contribution is 2.19. The maximum atomic E-state index is 13.0. The SMILES string of the molecule is COc1ccc(CN2CCCN(C(=O)c3ccc(OCC4CCCO4)cc3)CC2)cc1. The normalized spacial score (nSPS) is 19.8. The highest BCUT2D eigenvalue weighted by Gasteiger charge is 2.21. The van der Waals surface area contributed by atoms with Crippen molar-refractivity contribution < 1.29 is 19.0 Å². The van der Waals surface area contributed by atoms with Gasteiger partial charge in [-0.15, -0.1) is 0 Å². The van der Waals surface area contributed by atoms with Gasteiger partial charge in [0.25, 0.3) is 5.91 Å². The maximum Gasteiger partial charge on any atom is 0.253 e. The predicted octanol–water partition coefficient (Wildman–Crippen LogP) is 3.60. The molecule has 2 saturated heterocycles. The van der Waals surface area contributed by atoms with Crippen molar-refractivity contribution in [2.24, 2.45) is 0 Å². The summed E-state index contributed by atoms with van der Waals surface area (Å²) < 4.78 is 16.6. The number of hydrogen-bond acceptors (Lipinski definition) is 5. The van der Waals surface area contributed by atoms with Gasteiger partial charge in [0, 0.05) is 44.9 Å². The van der Waals surface area contributed by atoms with Gasteiger partial charge < -0.3 is 19.1 Å². The molecule has 1 unspecified atom stereocenters. The molecule has 0 spiro atoms. The van der Waals surface area contributed by atoms with Crippen LogP contribution in [0, 0.1) is 0 Å². The number of amides is 1. The fourth-order valence-electron chi connectivity index (χ4n) is 4.16. The summed E-state index contributed by atoms with van der Waals surface area (Å²) in [6, 6.07) is 15.7. The van der Waals surface area contributed by atoms with Gasteiger partial charge in [-0.3, -0.25) is 9.69 Å². The summed E-state index contributed by atoms with van der Waals surface area (Å²) in [5, 5.41) is 0. The molecule has 2 aromatic carbocycles. The van der Waals surface area contributed by atoms with E-state index in [-0.39, 0.29) is 12.0 Å². The van der Waals surface area contributed by atoms with E-state index in [1.165, 1.54) is 5.56 Å². The summed E-state index contributed by atoms with van der Waals surface area (Å²) >= 11 is 0. The molecule has 1 amide bonds. The Kier molecular flexibility index (Phi) is 7.43. The molecular weight excluding hydrogens is 392 g/mol. The molecule has 2 heterocycles. The fourth-order valence-corrected chi connectivity index (χ4v) is 4.16. The van der Waals surface area contributed by atoms with E-state index in [0.717, 1.165) is 70.1 Å². The Balaban J connectivity index is 1.27. The molecule has 6 nitrogen and oxygen atoms in total. The van der Waals surface area contributed by atoms with Gasteiger partial charge >= 0.3 is 0 Å². The van der Waals surface area contributed by atoms with Crippen LogP contribution >= 0.6 is 0 Å². The van der Waals surface area contributed by atoms with Crippen molar-refractivity contribution in [2.75, 3.05) is 46.5 Å². The van der Waals surface area contributed by atoms with Gasteiger partial charge in [0.1, 0.15) is 18.1 Å². The van der Waals surface area contributed by atoms with Crippen molar-refractivity contribution in [3.05, 3.63) is 59.7 Å². The minimum absolute atomic E-state index is 0.0944. The lowest BCUT2D eigenvalue weighted by Gasteiger charge is -2.22. The molecule has 6 heteroatoms. The molecule has 0 saturated carbocycles. The first kappa shape index (κ1) is 21.7. The Morgan fingerprint density at radius 2 is 1.74 bits per heavy atom. The van der Waals surface area contributed by atoms with Gasteiger partial charge in [0.15, 0.2) is 0 Å². The molecule has 4 rings (SSSR count). The highest BCUT2D eigenvalue weighted by molar-refractivity contribution is 5.94. The van der Waals surface area contributed by atoms with Crippen LogP contribution in [0.25, 0.3) is 0 Å². The fraction of sp³-hybridized carbons (Fsp3) is 0.480. The van der Waals surface area contributed by atoms with Crippen molar-refractivity contribution in [3.8, 4) is 11.5 Å². The maximum absolute atomic E-state index is 13.0. The first-order valence-electron chi connectivity index (χ1n) is 11.2. The van der Waals surface area contributed by atoms with Crippen LogP contribution in [-0.2, 0) is 11.3 Å². The average molecular weight is 425 g/mol. The third-order valence-electron chi connectivity index (χ3n) is 6.00. The summed E-state index contributed by atoms with van der Waals surface area (Å²) in [4.78, 5) is 17.4. The minimum Gasteiger partial charge on any atom is -0.497 e. The molecular formula is C25H32N2O4. The molecule has 0 radical (unpaired) electrons. The largest absolute Gasteiger partial charge is 0.497 e. The van der Waals surface area contributed by atoms with Crippen molar-refractivity contribution >= 4 is 5.91 Å². The Bertz CT molecular complexity index is 832. The van der Waals surface area contributed by atoms with Gasteiger partial charge in [-0.1, -0.05) is 12.1 Å². The number of ether oxygens (including phenoxy) is 3. The lowest BCUT2D eigenvalue weighted by Crippen LogP contribution is -2.35. The Hall–Kier alpha value is -2.57. The van der Waals surface area contributed by atoms with Gasteiger partial charge in [-0.25, -0.2) is 0 Å². The van der Waals surface area contributed by atoms with E-state index in [1.807, 2.05) is 41.3 Å². The highest BCUT2D eigenvalue weighted by atomic mass is 16.5. The van der Waals surface area contributed by atoms with Crippen LogP contribution in [0.1, 0.15) is 35.2 Å². The third kappa shape index (κ3) is 5.99. The van der Waals surface area contributed by atoms with Gasteiger partial charge in [-0.2, -0.15) is 0 Å². The van der Waals surface area contributed by atoms with Crippen LogP contribution in [0.15, 0.2) is 48.5 Å². The van der Waals surface area contributed by atoms with Crippen molar-refractivity contribution in [2.45, 2.75) is 31.9 Å². The minimum atomic E-state index is 0.0944. The summed E-state index contributed by atoms with van der Waals surface area (Å²) in [7, 11) is 1.68. The molecule has 0 aliphatic carbocycles. The average Bonchev–Trinajstić information content (AvgIpc) is 3.23. The molecule has 2 aromatic rings. The van der Waals surface area contributed by atoms with Gasteiger partial charge in [0.05, 0.1) is 13.2 Å². The number of carbonyl (C=O) groups is 1. The van der Waals surface area contributed by atoms with Crippen LogP contribution in [0.5, 0.6) is 11.5 Å². The van der Waals surface area contributed by atoms with Crippen LogP contribution in [0.2, 0.25) is 0 Å². The second-order valence-electron chi connectivity index (χ2n) is 8.24. The lowest BCUT2D eigenvalue weighted by molar-refractivity contribution is 0.0678. The van der Waals surface area contributed by atoms with Crippen LogP contribution in [0.4, 0.5) is 0 Å². The zero-order valence-electron chi connectivity index (χ0n) is 18.3. The number of methoxy groups -OCH3 is 1.